The fourth-order valence-corrected chi connectivity index (χ4v) is 4.48. The van der Waals surface area contributed by atoms with Gasteiger partial charge in [0.05, 0.1) is 10.6 Å². The summed E-state index contributed by atoms with van der Waals surface area (Å²) >= 11 is 1.67. The monoisotopic (exact) mass is 404 g/mol. The second-order valence-corrected chi connectivity index (χ2v) is 8.22. The molecule has 1 atom stereocenters. The quantitative estimate of drug-likeness (QED) is 0.522. The van der Waals surface area contributed by atoms with Gasteiger partial charge < -0.3 is 4.90 Å². The number of carbonyl (C=O) groups is 1. The Bertz CT molecular complexity index is 1140. The zero-order valence-corrected chi connectivity index (χ0v) is 16.8. The first-order valence-electron chi connectivity index (χ1n) is 9.66. The molecule has 1 saturated heterocycles. The van der Waals surface area contributed by atoms with Gasteiger partial charge in [-0.15, -0.1) is 11.3 Å². The zero-order chi connectivity index (χ0) is 19.8. The molecule has 4 aromatic heterocycles. The number of piperidine rings is 1. The van der Waals surface area contributed by atoms with E-state index in [-0.39, 0.29) is 11.8 Å². The van der Waals surface area contributed by atoms with Crippen molar-refractivity contribution >= 4 is 22.9 Å². The van der Waals surface area contributed by atoms with Crippen molar-refractivity contribution in [3.63, 3.8) is 0 Å². The van der Waals surface area contributed by atoms with Crippen molar-refractivity contribution in [2.24, 2.45) is 0 Å². The Balaban J connectivity index is 1.40. The second kappa shape index (κ2) is 7.36. The molecule has 0 N–H and O–H groups in total. The first-order valence-corrected chi connectivity index (χ1v) is 10.5. The smallest absolute Gasteiger partial charge is 0.274 e. The summed E-state index contributed by atoms with van der Waals surface area (Å²) in [5.74, 6) is 0.885. The van der Waals surface area contributed by atoms with E-state index in [1.165, 1.54) is 0 Å². The van der Waals surface area contributed by atoms with Crippen LogP contribution in [0.2, 0.25) is 0 Å². The Morgan fingerprint density at radius 1 is 1.24 bits per heavy atom. The van der Waals surface area contributed by atoms with E-state index in [0.717, 1.165) is 41.5 Å². The van der Waals surface area contributed by atoms with Gasteiger partial charge in [0.25, 0.3) is 5.91 Å². The van der Waals surface area contributed by atoms with Crippen LogP contribution >= 0.6 is 11.3 Å². The van der Waals surface area contributed by atoms with E-state index in [4.69, 9.17) is 9.97 Å². The van der Waals surface area contributed by atoms with Gasteiger partial charge in [-0.05, 0) is 43.3 Å². The molecule has 0 radical (unpaired) electrons. The molecule has 4 aromatic rings. The van der Waals surface area contributed by atoms with Crippen molar-refractivity contribution in [3.05, 3.63) is 65.3 Å². The SMILES string of the molecule is Cc1cc(-c2cccs2)nc([C@@H]2CCCN(C(=O)c3cc4ncccn4n3)C2)n1. The van der Waals surface area contributed by atoms with E-state index >= 15 is 0 Å². The van der Waals surface area contributed by atoms with Gasteiger partial charge in [-0.2, -0.15) is 5.10 Å². The number of carbonyl (C=O) groups excluding carboxylic acids is 1. The van der Waals surface area contributed by atoms with Crippen LogP contribution < -0.4 is 0 Å². The molecule has 0 spiro atoms. The normalized spacial score (nSPS) is 17.0. The van der Waals surface area contributed by atoms with Gasteiger partial charge in [0, 0.05) is 43.2 Å². The third kappa shape index (κ3) is 3.51. The lowest BCUT2D eigenvalue weighted by atomic mass is 9.96. The van der Waals surface area contributed by atoms with Gasteiger partial charge in [0.1, 0.15) is 5.82 Å². The van der Waals surface area contributed by atoms with Gasteiger partial charge in [-0.1, -0.05) is 6.07 Å². The highest BCUT2D eigenvalue weighted by molar-refractivity contribution is 7.13. The topological polar surface area (TPSA) is 76.3 Å². The minimum Gasteiger partial charge on any atom is -0.337 e. The van der Waals surface area contributed by atoms with E-state index in [1.807, 2.05) is 24.0 Å². The largest absolute Gasteiger partial charge is 0.337 e. The number of amides is 1. The summed E-state index contributed by atoms with van der Waals surface area (Å²) in [5.41, 5.74) is 3.01. The second-order valence-electron chi connectivity index (χ2n) is 7.27. The van der Waals surface area contributed by atoms with Gasteiger partial charge >= 0.3 is 0 Å². The highest BCUT2D eigenvalue weighted by Crippen LogP contribution is 2.29. The molecule has 0 saturated carbocycles. The lowest BCUT2D eigenvalue weighted by molar-refractivity contribution is 0.0698. The first kappa shape index (κ1) is 17.9. The molecule has 0 bridgehead atoms. The maximum absolute atomic E-state index is 13.1. The summed E-state index contributed by atoms with van der Waals surface area (Å²) in [6.07, 6.45) is 5.39. The van der Waals surface area contributed by atoms with Crippen LogP contribution in [0.1, 0.15) is 40.8 Å². The predicted molar refractivity (Wildman–Crippen MR) is 111 cm³/mol. The van der Waals surface area contributed by atoms with Crippen LogP contribution in [0, 0.1) is 6.92 Å². The van der Waals surface area contributed by atoms with Crippen LogP contribution in [0.25, 0.3) is 16.2 Å². The average Bonchev–Trinajstić information content (AvgIpc) is 3.43. The summed E-state index contributed by atoms with van der Waals surface area (Å²) in [7, 11) is 0. The van der Waals surface area contributed by atoms with Gasteiger partial charge in [-0.3, -0.25) is 4.79 Å². The molecule has 0 unspecified atom stereocenters. The summed E-state index contributed by atoms with van der Waals surface area (Å²) in [4.78, 5) is 29.8. The number of rotatable bonds is 3. The minimum absolute atomic E-state index is 0.0636. The number of likely N-dealkylation sites (tertiary alicyclic amines) is 1. The van der Waals surface area contributed by atoms with Crippen LogP contribution in [0.15, 0.2) is 48.1 Å². The minimum atomic E-state index is -0.0636. The fourth-order valence-electron chi connectivity index (χ4n) is 3.79. The molecule has 1 fully saturated rings. The van der Waals surface area contributed by atoms with E-state index in [1.54, 1.807) is 40.4 Å². The van der Waals surface area contributed by atoms with Crippen LogP contribution in [0.3, 0.4) is 0 Å². The summed E-state index contributed by atoms with van der Waals surface area (Å²) in [6, 6.07) is 9.66. The summed E-state index contributed by atoms with van der Waals surface area (Å²) < 4.78 is 1.63. The Morgan fingerprint density at radius 3 is 3.00 bits per heavy atom. The molecule has 29 heavy (non-hydrogen) atoms. The maximum atomic E-state index is 13.1. The van der Waals surface area contributed by atoms with Gasteiger partial charge in [0.2, 0.25) is 0 Å². The molecule has 5 rings (SSSR count). The van der Waals surface area contributed by atoms with Crippen molar-refractivity contribution in [1.82, 2.24) is 29.5 Å². The molecule has 1 amide bonds. The lowest BCUT2D eigenvalue weighted by Gasteiger charge is -2.31. The van der Waals surface area contributed by atoms with Crippen LogP contribution in [0.5, 0.6) is 0 Å². The van der Waals surface area contributed by atoms with Crippen molar-refractivity contribution in [2.45, 2.75) is 25.7 Å². The molecular weight excluding hydrogens is 384 g/mol. The number of fused-ring (bicyclic) bond motifs is 1. The zero-order valence-electron chi connectivity index (χ0n) is 16.0. The molecule has 7 nitrogen and oxygen atoms in total. The molecule has 0 aromatic carbocycles. The Morgan fingerprint density at radius 2 is 2.17 bits per heavy atom. The highest BCUT2D eigenvalue weighted by Gasteiger charge is 2.29. The average molecular weight is 404 g/mol. The van der Waals surface area contributed by atoms with Crippen molar-refractivity contribution in [3.8, 4) is 10.6 Å². The van der Waals surface area contributed by atoms with Crippen molar-refractivity contribution < 1.29 is 4.79 Å². The van der Waals surface area contributed by atoms with Crippen LogP contribution in [-0.4, -0.2) is 48.5 Å². The standard InChI is InChI=1S/C21H20N6OS/c1-14-11-16(18-6-3-10-29-18)24-20(23-14)15-5-2-8-26(13-15)21(28)17-12-19-22-7-4-9-27(19)25-17/h3-4,6-7,9-12,15H,2,5,8,13H2,1H3/t15-/m1/s1. The first-order chi connectivity index (χ1) is 14.2. The number of nitrogens with zero attached hydrogens (tertiary/aromatic N) is 6. The maximum Gasteiger partial charge on any atom is 0.274 e. The van der Waals surface area contributed by atoms with E-state index in [0.29, 0.717) is 17.9 Å². The predicted octanol–water partition coefficient (Wildman–Crippen LogP) is 3.58. The Kier molecular flexibility index (Phi) is 4.55. The number of thiophene rings is 1. The number of aromatic nitrogens is 5. The molecule has 1 aliphatic rings. The molecule has 0 aliphatic carbocycles. The number of hydrogen-bond acceptors (Lipinski definition) is 6. The van der Waals surface area contributed by atoms with E-state index < -0.39 is 0 Å². The molecule has 5 heterocycles. The Labute approximate surface area is 172 Å². The lowest BCUT2D eigenvalue weighted by Crippen LogP contribution is -2.39. The molecule has 8 heteroatoms. The van der Waals surface area contributed by atoms with Crippen LogP contribution in [0.4, 0.5) is 0 Å². The van der Waals surface area contributed by atoms with Gasteiger partial charge in [0.15, 0.2) is 11.3 Å². The third-order valence-corrected chi connectivity index (χ3v) is 6.07. The number of aryl methyl sites for hydroxylation is 1. The van der Waals surface area contributed by atoms with Crippen molar-refractivity contribution in [1.29, 1.82) is 0 Å². The van der Waals surface area contributed by atoms with Gasteiger partial charge in [-0.25, -0.2) is 19.5 Å². The molecule has 146 valence electrons. The Hall–Kier alpha value is -3.13. The molecular formula is C21H20N6OS. The van der Waals surface area contributed by atoms with E-state index in [2.05, 4.69) is 21.5 Å². The fraction of sp³-hybridized carbons (Fsp3) is 0.286. The summed E-state index contributed by atoms with van der Waals surface area (Å²) in [6.45, 7) is 3.32. The highest BCUT2D eigenvalue weighted by atomic mass is 32.1. The summed E-state index contributed by atoms with van der Waals surface area (Å²) in [5, 5.41) is 6.43. The van der Waals surface area contributed by atoms with Crippen LogP contribution in [-0.2, 0) is 0 Å². The molecule has 1 aliphatic heterocycles. The number of hydrogen-bond donors (Lipinski definition) is 0. The third-order valence-electron chi connectivity index (χ3n) is 5.17. The van der Waals surface area contributed by atoms with E-state index in [9.17, 15) is 4.79 Å². The van der Waals surface area contributed by atoms with Crippen molar-refractivity contribution in [2.75, 3.05) is 13.1 Å².